The zero-order chi connectivity index (χ0) is 13.9. The van der Waals surface area contributed by atoms with E-state index in [0.29, 0.717) is 12.5 Å². The third kappa shape index (κ3) is 2.47. The van der Waals surface area contributed by atoms with E-state index < -0.39 is 0 Å². The van der Waals surface area contributed by atoms with Crippen molar-refractivity contribution in [2.24, 2.45) is 5.92 Å². The Morgan fingerprint density at radius 2 is 2.00 bits per heavy atom. The van der Waals surface area contributed by atoms with Crippen LogP contribution in [0.1, 0.15) is 44.1 Å². The van der Waals surface area contributed by atoms with E-state index in [-0.39, 0.29) is 0 Å². The van der Waals surface area contributed by atoms with E-state index >= 15 is 0 Å². The lowest BCUT2D eigenvalue weighted by Crippen LogP contribution is -2.46. The van der Waals surface area contributed by atoms with Crippen LogP contribution in [0.15, 0.2) is 18.2 Å². The number of nitrogens with two attached hydrogens (primary N) is 1. The maximum atomic E-state index is 8.91. The maximum Gasteiger partial charge on any atom is 0.0670 e. The van der Waals surface area contributed by atoms with Gasteiger partial charge in [0.15, 0.2) is 0 Å². The largest absolute Gasteiger partial charge is 0.398 e. The van der Waals surface area contributed by atoms with Gasteiger partial charge in [-0.2, -0.15) is 5.26 Å². The number of nitriles is 1. The minimum Gasteiger partial charge on any atom is -0.398 e. The molecule has 0 amide bonds. The Morgan fingerprint density at radius 3 is 2.85 bits per heavy atom. The Balaban J connectivity index is 1.87. The molecule has 1 aromatic carbocycles. The van der Waals surface area contributed by atoms with Crippen LogP contribution >= 0.6 is 0 Å². The minimum absolute atomic E-state index is 0.404. The first-order valence-electron chi connectivity index (χ1n) is 7.81. The number of rotatable bonds is 2. The van der Waals surface area contributed by atoms with Gasteiger partial charge in [-0.25, -0.2) is 0 Å². The standard InChI is InChI=1S/C17H23N3/c18-10-9-14-12-15(7-8-16(14)19)20-11-3-5-13-4-1-2-6-17(13)20/h7-8,12-13,17H,1-6,9,11,19H2/t13-,17-/m1/s1. The van der Waals surface area contributed by atoms with Gasteiger partial charge in [0, 0.05) is 24.0 Å². The first kappa shape index (κ1) is 13.3. The van der Waals surface area contributed by atoms with Crippen LogP contribution in [0, 0.1) is 17.2 Å². The zero-order valence-electron chi connectivity index (χ0n) is 12.0. The highest BCUT2D eigenvalue weighted by molar-refractivity contribution is 5.60. The molecule has 2 atom stereocenters. The molecule has 106 valence electrons. The molecule has 1 aliphatic heterocycles. The number of anilines is 2. The van der Waals surface area contributed by atoms with Crippen LogP contribution in [0.5, 0.6) is 0 Å². The monoisotopic (exact) mass is 269 g/mol. The van der Waals surface area contributed by atoms with Gasteiger partial charge in [-0.15, -0.1) is 0 Å². The molecule has 1 saturated heterocycles. The molecule has 0 aromatic heterocycles. The van der Waals surface area contributed by atoms with E-state index in [1.54, 1.807) is 0 Å². The molecular weight excluding hydrogens is 246 g/mol. The van der Waals surface area contributed by atoms with Gasteiger partial charge in [0.1, 0.15) is 0 Å². The fraction of sp³-hybridized carbons (Fsp3) is 0.588. The van der Waals surface area contributed by atoms with Crippen LogP contribution in [-0.2, 0) is 6.42 Å². The average Bonchev–Trinajstić information content (AvgIpc) is 2.49. The SMILES string of the molecule is N#CCc1cc(N2CCC[C@H]3CCCC[C@H]32)ccc1N. The second-order valence-corrected chi connectivity index (χ2v) is 6.17. The summed E-state index contributed by atoms with van der Waals surface area (Å²) < 4.78 is 0. The van der Waals surface area contributed by atoms with Gasteiger partial charge in [0.2, 0.25) is 0 Å². The van der Waals surface area contributed by atoms with Crippen molar-refractivity contribution in [2.75, 3.05) is 17.2 Å². The number of hydrogen-bond donors (Lipinski definition) is 1. The van der Waals surface area contributed by atoms with Gasteiger partial charge in [-0.1, -0.05) is 12.8 Å². The second kappa shape index (κ2) is 5.75. The Morgan fingerprint density at radius 1 is 1.20 bits per heavy atom. The van der Waals surface area contributed by atoms with E-state index in [1.807, 2.05) is 6.07 Å². The summed E-state index contributed by atoms with van der Waals surface area (Å²) in [7, 11) is 0. The number of nitrogens with zero attached hydrogens (tertiary/aromatic N) is 2. The van der Waals surface area contributed by atoms with E-state index in [4.69, 9.17) is 11.0 Å². The lowest BCUT2D eigenvalue weighted by Gasteiger charge is -2.45. The Labute approximate surface area is 121 Å². The minimum atomic E-state index is 0.404. The summed E-state index contributed by atoms with van der Waals surface area (Å²) >= 11 is 0. The summed E-state index contributed by atoms with van der Waals surface area (Å²) in [5, 5.41) is 8.91. The molecule has 2 N–H and O–H groups in total. The Hall–Kier alpha value is -1.69. The molecule has 2 aliphatic rings. The topological polar surface area (TPSA) is 53.0 Å². The molecule has 1 heterocycles. The van der Waals surface area contributed by atoms with Crippen LogP contribution in [0.2, 0.25) is 0 Å². The molecule has 3 nitrogen and oxygen atoms in total. The molecule has 3 heteroatoms. The normalized spacial score (nSPS) is 25.9. The fourth-order valence-corrected chi connectivity index (χ4v) is 3.95. The van der Waals surface area contributed by atoms with Crippen molar-refractivity contribution in [1.29, 1.82) is 5.26 Å². The number of nitrogen functional groups attached to an aromatic ring is 1. The second-order valence-electron chi connectivity index (χ2n) is 6.17. The summed E-state index contributed by atoms with van der Waals surface area (Å²) in [4.78, 5) is 2.58. The van der Waals surface area contributed by atoms with Crippen LogP contribution in [0.3, 0.4) is 0 Å². The highest BCUT2D eigenvalue weighted by Crippen LogP contribution is 2.38. The summed E-state index contributed by atoms with van der Waals surface area (Å²) in [6, 6.07) is 9.15. The summed E-state index contributed by atoms with van der Waals surface area (Å²) in [6.45, 7) is 1.15. The molecule has 2 fully saturated rings. The number of benzene rings is 1. The Bertz CT molecular complexity index is 515. The zero-order valence-corrected chi connectivity index (χ0v) is 12.0. The van der Waals surface area contributed by atoms with Gasteiger partial charge in [0.25, 0.3) is 0 Å². The molecule has 1 aliphatic carbocycles. The molecule has 0 spiro atoms. The molecule has 1 saturated carbocycles. The van der Waals surface area contributed by atoms with Crippen molar-refractivity contribution in [1.82, 2.24) is 0 Å². The van der Waals surface area contributed by atoms with Crippen LogP contribution in [0.25, 0.3) is 0 Å². The average molecular weight is 269 g/mol. The summed E-state index contributed by atoms with van der Waals surface area (Å²) in [5.74, 6) is 0.870. The highest BCUT2D eigenvalue weighted by Gasteiger charge is 2.33. The molecule has 1 aromatic rings. The summed E-state index contributed by atoms with van der Waals surface area (Å²) in [6.07, 6.45) is 8.56. The predicted molar refractivity (Wildman–Crippen MR) is 82.5 cm³/mol. The highest BCUT2D eigenvalue weighted by atomic mass is 15.2. The number of fused-ring (bicyclic) bond motifs is 1. The van der Waals surface area contributed by atoms with Crippen molar-refractivity contribution in [3.63, 3.8) is 0 Å². The maximum absolute atomic E-state index is 8.91. The van der Waals surface area contributed by atoms with Crippen molar-refractivity contribution >= 4 is 11.4 Å². The third-order valence-electron chi connectivity index (χ3n) is 4.97. The van der Waals surface area contributed by atoms with Crippen LogP contribution < -0.4 is 10.6 Å². The van der Waals surface area contributed by atoms with Gasteiger partial charge in [-0.05, 0) is 55.4 Å². The molecular formula is C17H23N3. The lowest BCUT2D eigenvalue weighted by molar-refractivity contribution is 0.244. The molecule has 0 radical (unpaired) electrons. The van der Waals surface area contributed by atoms with Crippen molar-refractivity contribution in [3.05, 3.63) is 23.8 Å². The molecule has 0 unspecified atom stereocenters. The van der Waals surface area contributed by atoms with Crippen LogP contribution in [-0.4, -0.2) is 12.6 Å². The lowest BCUT2D eigenvalue weighted by atomic mass is 9.78. The number of hydrogen-bond acceptors (Lipinski definition) is 3. The van der Waals surface area contributed by atoms with Crippen molar-refractivity contribution < 1.29 is 0 Å². The van der Waals surface area contributed by atoms with E-state index in [1.165, 1.54) is 44.2 Å². The van der Waals surface area contributed by atoms with Crippen molar-refractivity contribution in [2.45, 2.75) is 51.0 Å². The predicted octanol–water partition coefficient (Wildman–Crippen LogP) is 3.49. The van der Waals surface area contributed by atoms with Gasteiger partial charge in [-0.3, -0.25) is 0 Å². The van der Waals surface area contributed by atoms with Gasteiger partial charge in [0.05, 0.1) is 12.5 Å². The molecule has 0 bridgehead atoms. The van der Waals surface area contributed by atoms with Gasteiger partial charge >= 0.3 is 0 Å². The first-order valence-corrected chi connectivity index (χ1v) is 7.81. The third-order valence-corrected chi connectivity index (χ3v) is 4.97. The quantitative estimate of drug-likeness (QED) is 0.836. The van der Waals surface area contributed by atoms with Crippen LogP contribution in [0.4, 0.5) is 11.4 Å². The summed E-state index contributed by atoms with van der Waals surface area (Å²) in [5.41, 5.74) is 8.95. The van der Waals surface area contributed by atoms with E-state index in [0.717, 1.165) is 23.7 Å². The smallest absolute Gasteiger partial charge is 0.0670 e. The van der Waals surface area contributed by atoms with Crippen molar-refractivity contribution in [3.8, 4) is 6.07 Å². The molecule has 3 rings (SSSR count). The molecule has 20 heavy (non-hydrogen) atoms. The van der Waals surface area contributed by atoms with E-state index in [2.05, 4.69) is 23.1 Å². The first-order chi connectivity index (χ1) is 9.79. The Kier molecular flexibility index (Phi) is 3.82. The number of piperidine rings is 1. The van der Waals surface area contributed by atoms with E-state index in [9.17, 15) is 0 Å². The fourth-order valence-electron chi connectivity index (χ4n) is 3.95. The van der Waals surface area contributed by atoms with Gasteiger partial charge < -0.3 is 10.6 Å².